The van der Waals surface area contributed by atoms with Crippen LogP contribution in [0, 0.1) is 0 Å². The molecular weight excluding hydrogens is 204 g/mol. The molecule has 0 unspecified atom stereocenters. The van der Waals surface area contributed by atoms with Gasteiger partial charge in [0.15, 0.2) is 0 Å². The third-order valence-electron chi connectivity index (χ3n) is 2.92. The molecule has 0 nitrogen and oxygen atoms in total. The fourth-order valence-electron chi connectivity index (χ4n) is 1.04. The highest BCUT2D eigenvalue weighted by molar-refractivity contribution is 8.18. The topological polar surface area (TPSA) is 0 Å². The molecule has 0 amide bonds. The van der Waals surface area contributed by atoms with Crippen LogP contribution >= 0.6 is 23.5 Å². The van der Waals surface area contributed by atoms with Gasteiger partial charge in [0.1, 0.15) is 0 Å². The largest absolute Gasteiger partial charge is 0.154 e. The summed E-state index contributed by atoms with van der Waals surface area (Å²) in [5.74, 6) is 0. The van der Waals surface area contributed by atoms with E-state index in [1.54, 1.807) is 0 Å². The van der Waals surface area contributed by atoms with Crippen LogP contribution in [0.5, 0.6) is 0 Å². The van der Waals surface area contributed by atoms with Gasteiger partial charge in [-0.15, -0.1) is 0 Å². The van der Waals surface area contributed by atoms with Gasteiger partial charge in [-0.1, -0.05) is 26.2 Å². The van der Waals surface area contributed by atoms with Gasteiger partial charge < -0.3 is 0 Å². The first-order valence-electron chi connectivity index (χ1n) is 4.11. The van der Waals surface area contributed by atoms with Gasteiger partial charge in [-0.25, -0.2) is 0 Å². The van der Waals surface area contributed by atoms with Gasteiger partial charge in [0.05, 0.1) is 15.2 Å². The molecule has 1 heterocycles. The number of hydrogen-bond donors (Lipinski definition) is 0. The van der Waals surface area contributed by atoms with Gasteiger partial charge in [-0.05, 0) is 10.8 Å². The van der Waals surface area contributed by atoms with E-state index in [0.29, 0.717) is 0 Å². The van der Waals surface area contributed by atoms with Crippen molar-refractivity contribution in [2.24, 2.45) is 0 Å². The normalized spacial score (nSPS) is 29.5. The maximum atomic E-state index is 2.60. The van der Waals surface area contributed by atoms with E-state index in [-0.39, 0.29) is 0 Å². The lowest BCUT2D eigenvalue weighted by Gasteiger charge is -2.35. The van der Waals surface area contributed by atoms with Crippen molar-refractivity contribution in [2.75, 3.05) is 15.8 Å². The van der Waals surface area contributed by atoms with Crippen LogP contribution in [0.3, 0.4) is 0 Å². The van der Waals surface area contributed by atoms with Crippen LogP contribution in [0.15, 0.2) is 0 Å². The average molecular weight is 223 g/mol. The zero-order valence-corrected chi connectivity index (χ0v) is 11.6. The molecule has 0 saturated carbocycles. The van der Waals surface area contributed by atoms with E-state index in [4.69, 9.17) is 0 Å². The monoisotopic (exact) mass is 222 g/mol. The standard InChI is InChI=1S/C7H18S2Si2/c1-10(2)6-8-5-9-7-11(10,3)4/h5-7H2,1-4H3. The molecule has 0 spiro atoms. The molecule has 1 aliphatic rings. The minimum Gasteiger partial charge on any atom is -0.154 e. The molecule has 0 N–H and O–H groups in total. The minimum atomic E-state index is -0.787. The smallest absolute Gasteiger partial charge is 0.0529 e. The fraction of sp³-hybridized carbons (Fsp3) is 1.00. The number of rotatable bonds is 0. The van der Waals surface area contributed by atoms with Crippen molar-refractivity contribution in [3.63, 3.8) is 0 Å². The first kappa shape index (κ1) is 10.2. The first-order chi connectivity index (χ1) is 4.96. The molecular formula is C7H18S2Si2. The van der Waals surface area contributed by atoms with Crippen LogP contribution in [-0.2, 0) is 0 Å². The van der Waals surface area contributed by atoms with E-state index in [1.165, 1.54) is 15.8 Å². The summed E-state index contributed by atoms with van der Waals surface area (Å²) in [4.78, 5) is 0. The highest BCUT2D eigenvalue weighted by Crippen LogP contribution is 2.32. The van der Waals surface area contributed by atoms with Crippen LogP contribution < -0.4 is 0 Å². The van der Waals surface area contributed by atoms with Crippen molar-refractivity contribution in [1.82, 2.24) is 0 Å². The lowest BCUT2D eigenvalue weighted by Crippen LogP contribution is -2.58. The maximum absolute atomic E-state index is 2.60. The van der Waals surface area contributed by atoms with Crippen molar-refractivity contribution in [3.05, 3.63) is 0 Å². The van der Waals surface area contributed by atoms with E-state index in [1.807, 2.05) is 0 Å². The Morgan fingerprint density at radius 2 is 1.18 bits per heavy atom. The summed E-state index contributed by atoms with van der Waals surface area (Å²) in [6, 6.07) is 0. The molecule has 0 aromatic heterocycles. The van der Waals surface area contributed by atoms with Crippen molar-refractivity contribution < 1.29 is 0 Å². The van der Waals surface area contributed by atoms with Crippen LogP contribution in [0.25, 0.3) is 0 Å². The molecule has 0 aromatic carbocycles. The van der Waals surface area contributed by atoms with E-state index in [0.717, 1.165) is 0 Å². The van der Waals surface area contributed by atoms with Gasteiger partial charge in [-0.3, -0.25) is 0 Å². The molecule has 0 radical (unpaired) electrons. The average Bonchev–Trinajstić information content (AvgIpc) is 1.94. The summed E-state index contributed by atoms with van der Waals surface area (Å²) < 4.78 is 0. The summed E-state index contributed by atoms with van der Waals surface area (Å²) in [6.07, 6.45) is 0. The molecule has 1 saturated heterocycles. The molecule has 0 bridgehead atoms. The lowest BCUT2D eigenvalue weighted by atomic mass is 11.8. The molecule has 1 rings (SSSR count). The maximum Gasteiger partial charge on any atom is 0.0529 e. The first-order valence-corrected chi connectivity index (χ1v) is 13.8. The van der Waals surface area contributed by atoms with E-state index < -0.39 is 15.2 Å². The molecule has 0 aliphatic carbocycles. The predicted molar refractivity (Wildman–Crippen MR) is 64.7 cm³/mol. The quantitative estimate of drug-likeness (QED) is 0.578. The van der Waals surface area contributed by atoms with Crippen molar-refractivity contribution in [2.45, 2.75) is 26.2 Å². The van der Waals surface area contributed by atoms with Crippen molar-refractivity contribution in [1.29, 1.82) is 0 Å². The van der Waals surface area contributed by atoms with E-state index >= 15 is 0 Å². The Balaban J connectivity index is 2.72. The highest BCUT2D eigenvalue weighted by Gasteiger charge is 2.41. The Morgan fingerprint density at radius 1 is 0.818 bits per heavy atom. The summed E-state index contributed by atoms with van der Waals surface area (Å²) >= 11 is 4.37. The van der Waals surface area contributed by atoms with Gasteiger partial charge in [0.25, 0.3) is 0 Å². The van der Waals surface area contributed by atoms with Crippen LogP contribution in [0.1, 0.15) is 0 Å². The second kappa shape index (κ2) is 3.48. The third kappa shape index (κ3) is 2.29. The summed E-state index contributed by atoms with van der Waals surface area (Å²) in [6.45, 7) is 10.4. The minimum absolute atomic E-state index is 0.787. The molecule has 0 atom stereocenters. The van der Waals surface area contributed by atoms with Crippen LogP contribution in [-0.4, -0.2) is 31.0 Å². The molecule has 66 valence electrons. The Morgan fingerprint density at radius 3 is 1.55 bits per heavy atom. The Labute approximate surface area is 80.7 Å². The predicted octanol–water partition coefficient (Wildman–Crippen LogP) is 3.00. The number of thioether (sulfide) groups is 2. The SMILES string of the molecule is C[Si]1(C)CSCSC[Si]1(C)C. The summed E-state index contributed by atoms with van der Waals surface area (Å²) in [7, 11) is -1.57. The number of hydrogen-bond acceptors (Lipinski definition) is 2. The second-order valence-electron chi connectivity index (χ2n) is 4.58. The summed E-state index contributed by atoms with van der Waals surface area (Å²) in [5.41, 5.74) is 0. The molecule has 1 aliphatic heterocycles. The van der Waals surface area contributed by atoms with E-state index in [2.05, 4.69) is 49.7 Å². The second-order valence-corrected chi connectivity index (χ2v) is 24.3. The molecule has 1 fully saturated rings. The van der Waals surface area contributed by atoms with Gasteiger partial charge in [-0.2, -0.15) is 23.5 Å². The van der Waals surface area contributed by atoms with Crippen LogP contribution in [0.4, 0.5) is 0 Å². The third-order valence-corrected chi connectivity index (χ3v) is 28.9. The van der Waals surface area contributed by atoms with E-state index in [9.17, 15) is 0 Å². The summed E-state index contributed by atoms with van der Waals surface area (Å²) in [5, 5.41) is 4.38. The molecule has 11 heavy (non-hydrogen) atoms. The van der Waals surface area contributed by atoms with Gasteiger partial charge in [0, 0.05) is 5.08 Å². The Bertz CT molecular complexity index is 129. The van der Waals surface area contributed by atoms with Crippen molar-refractivity contribution in [3.8, 4) is 0 Å². The van der Waals surface area contributed by atoms with Gasteiger partial charge >= 0.3 is 0 Å². The Hall–Kier alpha value is 1.13. The van der Waals surface area contributed by atoms with Crippen molar-refractivity contribution >= 4 is 38.7 Å². The molecule has 4 heteroatoms. The highest BCUT2D eigenvalue weighted by atomic mass is 32.2. The van der Waals surface area contributed by atoms with Gasteiger partial charge in [0.2, 0.25) is 0 Å². The zero-order valence-electron chi connectivity index (χ0n) is 7.94. The molecule has 0 aromatic rings. The van der Waals surface area contributed by atoms with Crippen LogP contribution in [0.2, 0.25) is 26.2 Å². The fourth-order valence-corrected chi connectivity index (χ4v) is 19.8. The lowest BCUT2D eigenvalue weighted by molar-refractivity contribution is 1.68. The Kier molecular flexibility index (Phi) is 3.23. The zero-order chi connectivity index (χ0) is 8.54.